The first-order valence-corrected chi connectivity index (χ1v) is 5.84. The van der Waals surface area contributed by atoms with Crippen LogP contribution in [0.5, 0.6) is 0 Å². The normalized spacial score (nSPS) is 10.6. The van der Waals surface area contributed by atoms with E-state index < -0.39 is 5.97 Å². The monoisotopic (exact) mass is 265 g/mol. The Labute approximate surface area is 112 Å². The van der Waals surface area contributed by atoms with Gasteiger partial charge in [0.25, 0.3) is 0 Å². The molecule has 0 heterocycles. The molecule has 0 aromatic heterocycles. The number of carboxylic acid groups (broad SMARTS) is 1. The largest absolute Gasteiger partial charge is 0.478 e. The summed E-state index contributed by atoms with van der Waals surface area (Å²) in [6.45, 7) is 6.49. The molecule has 0 radical (unpaired) electrons. The summed E-state index contributed by atoms with van der Waals surface area (Å²) in [5.41, 5.74) is 2.71. The van der Waals surface area contributed by atoms with Crippen LogP contribution in [0.1, 0.15) is 12.5 Å². The Morgan fingerprint density at radius 3 is 2.78 bits per heavy atom. The molecular formula is C14H16ClNO2. The summed E-state index contributed by atoms with van der Waals surface area (Å²) in [5.74, 6) is -0.974. The lowest BCUT2D eigenvalue weighted by molar-refractivity contribution is -0.131. The third-order valence-corrected chi connectivity index (χ3v) is 2.55. The van der Waals surface area contributed by atoms with Gasteiger partial charge in [-0.2, -0.15) is 0 Å². The summed E-state index contributed by atoms with van der Waals surface area (Å²) < 4.78 is 0. The van der Waals surface area contributed by atoms with E-state index in [4.69, 9.17) is 16.7 Å². The van der Waals surface area contributed by atoms with E-state index in [2.05, 4.69) is 6.58 Å². The number of benzene rings is 1. The second-order valence-corrected chi connectivity index (χ2v) is 4.62. The lowest BCUT2D eigenvalue weighted by atomic mass is 10.1. The van der Waals surface area contributed by atoms with Gasteiger partial charge in [0.2, 0.25) is 0 Å². The molecule has 0 fully saturated rings. The molecule has 3 nitrogen and oxygen atoms in total. The molecule has 96 valence electrons. The van der Waals surface area contributed by atoms with Crippen molar-refractivity contribution in [2.24, 2.45) is 0 Å². The summed E-state index contributed by atoms with van der Waals surface area (Å²) in [7, 11) is 1.92. The highest BCUT2D eigenvalue weighted by atomic mass is 35.5. The molecule has 1 rings (SSSR count). The number of carbonyl (C=O) groups is 1. The van der Waals surface area contributed by atoms with E-state index in [-0.39, 0.29) is 0 Å². The second-order valence-electron chi connectivity index (χ2n) is 4.19. The molecule has 1 N–H and O–H groups in total. The van der Waals surface area contributed by atoms with Crippen molar-refractivity contribution in [3.8, 4) is 0 Å². The molecule has 0 unspecified atom stereocenters. The van der Waals surface area contributed by atoms with Gasteiger partial charge >= 0.3 is 5.97 Å². The second kappa shape index (κ2) is 6.26. The quantitative estimate of drug-likeness (QED) is 0.655. The predicted octanol–water partition coefficient (Wildman–Crippen LogP) is 3.45. The minimum Gasteiger partial charge on any atom is -0.478 e. The van der Waals surface area contributed by atoms with E-state index in [1.807, 2.05) is 24.9 Å². The van der Waals surface area contributed by atoms with Crippen LogP contribution in [0.2, 0.25) is 5.02 Å². The van der Waals surface area contributed by atoms with E-state index in [1.165, 1.54) is 0 Å². The van der Waals surface area contributed by atoms with Gasteiger partial charge in [-0.05, 0) is 30.7 Å². The van der Waals surface area contributed by atoms with Crippen LogP contribution in [0.15, 0.2) is 36.4 Å². The zero-order valence-corrected chi connectivity index (χ0v) is 11.2. The lowest BCUT2D eigenvalue weighted by Crippen LogP contribution is -2.19. The van der Waals surface area contributed by atoms with E-state index >= 15 is 0 Å². The highest BCUT2D eigenvalue weighted by Gasteiger charge is 2.07. The zero-order chi connectivity index (χ0) is 13.7. The number of anilines is 1. The maximum Gasteiger partial charge on any atom is 0.328 e. The number of halogens is 1. The maximum absolute atomic E-state index is 10.6. The van der Waals surface area contributed by atoms with Crippen molar-refractivity contribution in [3.05, 3.63) is 47.0 Å². The number of nitrogens with zero attached hydrogens (tertiary/aromatic N) is 1. The van der Waals surface area contributed by atoms with E-state index in [0.29, 0.717) is 11.6 Å². The van der Waals surface area contributed by atoms with Gasteiger partial charge in [-0.1, -0.05) is 29.8 Å². The van der Waals surface area contributed by atoms with Gasteiger partial charge in [-0.25, -0.2) is 4.79 Å². The fraction of sp³-hybridized carbons (Fsp3) is 0.214. The highest BCUT2D eigenvalue weighted by molar-refractivity contribution is 6.31. The van der Waals surface area contributed by atoms with Crippen LogP contribution in [0.3, 0.4) is 0 Å². The molecule has 4 heteroatoms. The minimum absolute atomic E-state index is 0.617. The third-order valence-electron chi connectivity index (χ3n) is 2.32. The third kappa shape index (κ3) is 4.26. The zero-order valence-electron chi connectivity index (χ0n) is 10.5. The Morgan fingerprint density at radius 2 is 2.22 bits per heavy atom. The predicted molar refractivity (Wildman–Crippen MR) is 76.2 cm³/mol. The SMILES string of the molecule is C=C(C)CN(C)c1cc(Cl)ccc1/C=C/C(=O)O. The molecule has 0 aliphatic rings. The Balaban J connectivity index is 3.10. The van der Waals surface area contributed by atoms with E-state index in [1.54, 1.807) is 18.2 Å². The number of hydrogen-bond acceptors (Lipinski definition) is 2. The van der Waals surface area contributed by atoms with Crippen LogP contribution in [0.4, 0.5) is 5.69 Å². The molecule has 0 spiro atoms. The molecule has 0 atom stereocenters. The number of hydrogen-bond donors (Lipinski definition) is 1. The minimum atomic E-state index is -0.974. The van der Waals surface area contributed by atoms with Crippen molar-refractivity contribution in [1.82, 2.24) is 0 Å². The van der Waals surface area contributed by atoms with Crippen molar-refractivity contribution >= 4 is 29.3 Å². The molecule has 0 aliphatic carbocycles. The standard InChI is InChI=1S/C14H16ClNO2/c1-10(2)9-16(3)13-8-12(15)6-4-11(13)5-7-14(17)18/h4-8H,1,9H2,2-3H3,(H,17,18)/b7-5+. The molecule has 0 saturated heterocycles. The maximum atomic E-state index is 10.6. The van der Waals surface area contributed by atoms with Crippen LogP contribution in [0, 0.1) is 0 Å². The Bertz CT molecular complexity index is 495. The molecule has 18 heavy (non-hydrogen) atoms. The fourth-order valence-corrected chi connectivity index (χ4v) is 1.81. The molecule has 1 aromatic rings. The van der Waals surface area contributed by atoms with Gasteiger partial charge in [-0.15, -0.1) is 0 Å². The van der Waals surface area contributed by atoms with Crippen LogP contribution < -0.4 is 4.90 Å². The van der Waals surface area contributed by atoms with Gasteiger partial charge in [0.05, 0.1) is 0 Å². The first-order chi connectivity index (χ1) is 8.40. The van der Waals surface area contributed by atoms with Crippen LogP contribution in [-0.2, 0) is 4.79 Å². The average molecular weight is 266 g/mol. The lowest BCUT2D eigenvalue weighted by Gasteiger charge is -2.21. The Morgan fingerprint density at radius 1 is 1.56 bits per heavy atom. The first kappa shape index (κ1) is 14.3. The van der Waals surface area contributed by atoms with Crippen LogP contribution >= 0.6 is 11.6 Å². The van der Waals surface area contributed by atoms with Crippen molar-refractivity contribution in [2.75, 3.05) is 18.5 Å². The van der Waals surface area contributed by atoms with Crippen LogP contribution in [-0.4, -0.2) is 24.7 Å². The highest BCUT2D eigenvalue weighted by Crippen LogP contribution is 2.25. The van der Waals surface area contributed by atoms with Gasteiger partial charge < -0.3 is 10.0 Å². The van der Waals surface area contributed by atoms with Crippen molar-refractivity contribution < 1.29 is 9.90 Å². The molecule has 0 saturated carbocycles. The molecule has 1 aromatic carbocycles. The summed E-state index contributed by atoms with van der Waals surface area (Å²) in [4.78, 5) is 12.5. The smallest absolute Gasteiger partial charge is 0.328 e. The molecule has 0 amide bonds. The van der Waals surface area contributed by atoms with E-state index in [0.717, 1.165) is 22.9 Å². The van der Waals surface area contributed by atoms with Crippen LogP contribution in [0.25, 0.3) is 6.08 Å². The summed E-state index contributed by atoms with van der Waals surface area (Å²) in [6.07, 6.45) is 2.67. The molecular weight excluding hydrogens is 250 g/mol. The topological polar surface area (TPSA) is 40.5 Å². The Hall–Kier alpha value is -1.74. The molecule has 0 aliphatic heterocycles. The summed E-state index contributed by atoms with van der Waals surface area (Å²) in [6, 6.07) is 5.35. The Kier molecular flexibility index (Phi) is 4.98. The van der Waals surface area contributed by atoms with Gasteiger partial charge in [-0.3, -0.25) is 0 Å². The number of likely N-dealkylation sites (N-methyl/N-ethyl adjacent to an activating group) is 1. The summed E-state index contributed by atoms with van der Waals surface area (Å²) in [5, 5.41) is 9.28. The van der Waals surface area contributed by atoms with Crippen molar-refractivity contribution in [1.29, 1.82) is 0 Å². The number of rotatable bonds is 5. The van der Waals surface area contributed by atoms with Gasteiger partial charge in [0.1, 0.15) is 0 Å². The average Bonchev–Trinajstić information content (AvgIpc) is 2.26. The van der Waals surface area contributed by atoms with Gasteiger partial charge in [0, 0.05) is 30.4 Å². The molecule has 0 bridgehead atoms. The fourth-order valence-electron chi connectivity index (χ4n) is 1.64. The van der Waals surface area contributed by atoms with Crippen molar-refractivity contribution in [3.63, 3.8) is 0 Å². The summed E-state index contributed by atoms with van der Waals surface area (Å²) >= 11 is 5.97. The number of carboxylic acids is 1. The van der Waals surface area contributed by atoms with Crippen molar-refractivity contribution in [2.45, 2.75) is 6.92 Å². The first-order valence-electron chi connectivity index (χ1n) is 5.46. The van der Waals surface area contributed by atoms with E-state index in [9.17, 15) is 4.79 Å². The number of aliphatic carboxylic acids is 1. The van der Waals surface area contributed by atoms with Gasteiger partial charge in [0.15, 0.2) is 0 Å².